The van der Waals surface area contributed by atoms with Gasteiger partial charge in [0.2, 0.25) is 0 Å². The van der Waals surface area contributed by atoms with Gasteiger partial charge in [0.25, 0.3) is 0 Å². The third-order valence-corrected chi connectivity index (χ3v) is 3.94. The first-order valence-corrected chi connectivity index (χ1v) is 8.09. The molecular formula is C16H36NRe+. The van der Waals surface area contributed by atoms with Gasteiger partial charge in [-0.15, -0.1) is 0 Å². The van der Waals surface area contributed by atoms with Crippen molar-refractivity contribution in [3.05, 3.63) is 0 Å². The molecule has 2 heteroatoms. The van der Waals surface area contributed by atoms with Crippen LogP contribution < -0.4 is 0 Å². The summed E-state index contributed by atoms with van der Waals surface area (Å²) in [6.07, 6.45) is 11.1. The standard InChI is InChI=1S/C16H36N.Re/c1-5-9-13-17(14-10-6-2,15-11-7-3)16-12-8-4;/h5-16H2,1-4H3;/q+1;. The number of hydrogen-bond acceptors (Lipinski definition) is 0. The smallest absolute Gasteiger partial charge is 0.0786 e. The first-order chi connectivity index (χ1) is 8.24. The molecule has 0 bridgehead atoms. The summed E-state index contributed by atoms with van der Waals surface area (Å²) in [7, 11) is 0. The van der Waals surface area contributed by atoms with Crippen LogP contribution in [0.15, 0.2) is 0 Å². The van der Waals surface area contributed by atoms with Crippen molar-refractivity contribution in [2.24, 2.45) is 0 Å². The zero-order chi connectivity index (χ0) is 13.0. The molecule has 0 unspecified atom stereocenters. The van der Waals surface area contributed by atoms with E-state index < -0.39 is 0 Å². The van der Waals surface area contributed by atoms with Gasteiger partial charge in [0.15, 0.2) is 0 Å². The molecule has 111 valence electrons. The van der Waals surface area contributed by atoms with Crippen LogP contribution in [-0.2, 0) is 20.4 Å². The minimum atomic E-state index is 0. The van der Waals surface area contributed by atoms with Gasteiger partial charge < -0.3 is 4.48 Å². The van der Waals surface area contributed by atoms with E-state index in [9.17, 15) is 0 Å². The molecule has 18 heavy (non-hydrogen) atoms. The molecule has 0 aliphatic carbocycles. The topological polar surface area (TPSA) is 0 Å². The molecule has 0 N–H and O–H groups in total. The molecule has 0 amide bonds. The number of unbranched alkanes of at least 4 members (excludes halogenated alkanes) is 4. The molecule has 0 saturated heterocycles. The Morgan fingerprint density at radius 2 is 0.722 bits per heavy atom. The Morgan fingerprint density at radius 1 is 0.500 bits per heavy atom. The molecule has 0 aromatic rings. The largest absolute Gasteiger partial charge is 0.324 e. The van der Waals surface area contributed by atoms with E-state index in [0.29, 0.717) is 0 Å². The van der Waals surface area contributed by atoms with E-state index >= 15 is 0 Å². The molecule has 1 radical (unpaired) electrons. The molecule has 0 aliphatic rings. The Labute approximate surface area is 130 Å². The normalized spacial score (nSPS) is 11.3. The van der Waals surface area contributed by atoms with Crippen LogP contribution in [0, 0.1) is 0 Å². The van der Waals surface area contributed by atoms with Crippen molar-refractivity contribution in [3.8, 4) is 0 Å². The van der Waals surface area contributed by atoms with Gasteiger partial charge >= 0.3 is 0 Å². The van der Waals surface area contributed by atoms with E-state index in [1.807, 2.05) is 0 Å². The predicted molar refractivity (Wildman–Crippen MR) is 79.4 cm³/mol. The molecule has 0 aromatic carbocycles. The Bertz CT molecular complexity index is 122. The first kappa shape index (κ1) is 20.9. The molecule has 0 aromatic heterocycles. The molecule has 0 heterocycles. The Morgan fingerprint density at radius 3 is 0.889 bits per heavy atom. The van der Waals surface area contributed by atoms with Crippen molar-refractivity contribution in [2.45, 2.75) is 79.1 Å². The van der Waals surface area contributed by atoms with Crippen LogP contribution in [0.1, 0.15) is 79.1 Å². The van der Waals surface area contributed by atoms with Gasteiger partial charge in [0.1, 0.15) is 0 Å². The monoisotopic (exact) mass is 429 g/mol. The Balaban J connectivity index is 0. The SMILES string of the molecule is CCCC[N+](CCCC)(CCCC)CCCC.[Re]. The van der Waals surface area contributed by atoms with Crippen LogP contribution >= 0.6 is 0 Å². The minimum Gasteiger partial charge on any atom is -0.324 e. The van der Waals surface area contributed by atoms with Gasteiger partial charge in [0.05, 0.1) is 26.2 Å². The molecular weight excluding hydrogens is 392 g/mol. The number of quaternary nitrogens is 1. The van der Waals surface area contributed by atoms with Crippen LogP contribution in [0.4, 0.5) is 0 Å². The summed E-state index contributed by atoms with van der Waals surface area (Å²) in [4.78, 5) is 0. The van der Waals surface area contributed by atoms with Crippen molar-refractivity contribution >= 4 is 0 Å². The fraction of sp³-hybridized carbons (Fsp3) is 1.00. The fourth-order valence-electron chi connectivity index (χ4n) is 2.64. The van der Waals surface area contributed by atoms with Crippen LogP contribution in [0.25, 0.3) is 0 Å². The summed E-state index contributed by atoms with van der Waals surface area (Å²) in [6.45, 7) is 15.0. The quantitative estimate of drug-likeness (QED) is 0.384. The van der Waals surface area contributed by atoms with Crippen molar-refractivity contribution in [2.75, 3.05) is 26.2 Å². The van der Waals surface area contributed by atoms with Crippen LogP contribution in [0.5, 0.6) is 0 Å². The van der Waals surface area contributed by atoms with Crippen molar-refractivity contribution in [1.29, 1.82) is 0 Å². The number of nitrogens with zero attached hydrogens (tertiary/aromatic N) is 1. The molecule has 1 nitrogen and oxygen atoms in total. The van der Waals surface area contributed by atoms with E-state index in [1.165, 1.54) is 82.0 Å². The summed E-state index contributed by atoms with van der Waals surface area (Å²) in [5.74, 6) is 0. The molecule has 0 spiro atoms. The summed E-state index contributed by atoms with van der Waals surface area (Å²) >= 11 is 0. The van der Waals surface area contributed by atoms with Crippen LogP contribution in [0.2, 0.25) is 0 Å². The van der Waals surface area contributed by atoms with E-state index in [2.05, 4.69) is 27.7 Å². The molecule has 0 fully saturated rings. The molecule has 0 aliphatic heterocycles. The van der Waals surface area contributed by atoms with E-state index in [1.54, 1.807) is 0 Å². The van der Waals surface area contributed by atoms with E-state index in [0.717, 1.165) is 0 Å². The van der Waals surface area contributed by atoms with Gasteiger partial charge in [-0.1, -0.05) is 53.4 Å². The average molecular weight is 429 g/mol. The van der Waals surface area contributed by atoms with Crippen molar-refractivity contribution in [1.82, 2.24) is 0 Å². The molecule has 0 saturated carbocycles. The van der Waals surface area contributed by atoms with Gasteiger partial charge in [-0.2, -0.15) is 0 Å². The van der Waals surface area contributed by atoms with Gasteiger partial charge in [-0.25, -0.2) is 0 Å². The third kappa shape index (κ3) is 9.54. The second-order valence-corrected chi connectivity index (χ2v) is 5.65. The zero-order valence-corrected chi connectivity index (χ0v) is 16.0. The predicted octanol–water partition coefficient (Wildman–Crippen LogP) is 5.00. The first-order valence-electron chi connectivity index (χ1n) is 8.09. The Kier molecular flexibility index (Phi) is 16.3. The Hall–Kier alpha value is 0.622. The second-order valence-electron chi connectivity index (χ2n) is 5.65. The summed E-state index contributed by atoms with van der Waals surface area (Å²) in [5, 5.41) is 0. The van der Waals surface area contributed by atoms with E-state index in [-0.39, 0.29) is 20.4 Å². The van der Waals surface area contributed by atoms with Crippen molar-refractivity contribution in [3.63, 3.8) is 0 Å². The van der Waals surface area contributed by atoms with Gasteiger partial charge in [0, 0.05) is 20.4 Å². The average Bonchev–Trinajstić information content (AvgIpc) is 2.37. The molecule has 0 atom stereocenters. The number of hydrogen-bond donors (Lipinski definition) is 0. The third-order valence-electron chi connectivity index (χ3n) is 3.94. The van der Waals surface area contributed by atoms with E-state index in [4.69, 9.17) is 0 Å². The fourth-order valence-corrected chi connectivity index (χ4v) is 2.64. The van der Waals surface area contributed by atoms with Crippen LogP contribution in [-0.4, -0.2) is 30.7 Å². The summed E-state index contributed by atoms with van der Waals surface area (Å²) in [5.41, 5.74) is 0. The van der Waals surface area contributed by atoms with Crippen molar-refractivity contribution < 1.29 is 24.9 Å². The van der Waals surface area contributed by atoms with Gasteiger partial charge in [-0.3, -0.25) is 0 Å². The maximum Gasteiger partial charge on any atom is 0.0786 e. The summed E-state index contributed by atoms with van der Waals surface area (Å²) < 4.78 is 1.42. The number of rotatable bonds is 12. The maximum atomic E-state index is 2.33. The summed E-state index contributed by atoms with van der Waals surface area (Å²) in [6, 6.07) is 0. The molecule has 0 rings (SSSR count). The van der Waals surface area contributed by atoms with Gasteiger partial charge in [-0.05, 0) is 25.7 Å². The second kappa shape index (κ2) is 14.0. The minimum absolute atomic E-state index is 0. The zero-order valence-electron chi connectivity index (χ0n) is 13.3. The maximum absolute atomic E-state index is 2.33. The van der Waals surface area contributed by atoms with Crippen LogP contribution in [0.3, 0.4) is 0 Å².